The van der Waals surface area contributed by atoms with Gasteiger partial charge in [0.05, 0.1) is 12.4 Å². The average Bonchev–Trinajstić information content (AvgIpc) is 3.09. The van der Waals surface area contributed by atoms with Crippen molar-refractivity contribution in [2.24, 2.45) is 0 Å². The van der Waals surface area contributed by atoms with E-state index in [0.29, 0.717) is 18.8 Å². The van der Waals surface area contributed by atoms with Gasteiger partial charge in [0, 0.05) is 38.9 Å². The molecular formula is C24H28F2N2O3S. The second-order valence-corrected chi connectivity index (χ2v) is 9.22. The summed E-state index contributed by atoms with van der Waals surface area (Å²) < 4.78 is 39.3. The van der Waals surface area contributed by atoms with Crippen LogP contribution in [0.4, 0.5) is 13.6 Å². The van der Waals surface area contributed by atoms with Crippen LogP contribution in [0.2, 0.25) is 0 Å². The first-order chi connectivity index (χ1) is 15.5. The maximum atomic E-state index is 14.2. The number of ether oxygens (including phenoxy) is 2. The lowest BCUT2D eigenvalue weighted by molar-refractivity contribution is -0.00165. The van der Waals surface area contributed by atoms with Gasteiger partial charge in [-0.05, 0) is 36.1 Å². The van der Waals surface area contributed by atoms with E-state index in [1.54, 1.807) is 47.0 Å². The highest BCUT2D eigenvalue weighted by Gasteiger charge is 2.46. The first kappa shape index (κ1) is 22.9. The molecule has 172 valence electrons. The van der Waals surface area contributed by atoms with Crippen LogP contribution in [0.3, 0.4) is 0 Å². The lowest BCUT2D eigenvalue weighted by Gasteiger charge is -2.37. The Balaban J connectivity index is 1.37. The number of piperidine rings is 1. The first-order valence-electron chi connectivity index (χ1n) is 10.8. The van der Waals surface area contributed by atoms with Crippen molar-refractivity contribution in [1.29, 1.82) is 0 Å². The minimum absolute atomic E-state index is 0.186. The molecule has 2 aromatic carbocycles. The molecule has 0 N–H and O–H groups in total. The number of nitrogens with zero attached hydrogens (tertiary/aromatic N) is 2. The second-order valence-electron chi connectivity index (χ2n) is 8.39. The molecule has 2 aliphatic heterocycles. The number of rotatable bonds is 8. The van der Waals surface area contributed by atoms with Crippen LogP contribution in [-0.4, -0.2) is 59.8 Å². The summed E-state index contributed by atoms with van der Waals surface area (Å²) in [5.41, 5.74) is 0.421. The van der Waals surface area contributed by atoms with Crippen LogP contribution in [0.15, 0.2) is 48.5 Å². The molecule has 1 spiro atoms. The fourth-order valence-corrected chi connectivity index (χ4v) is 4.87. The molecule has 2 aliphatic rings. The fourth-order valence-electron chi connectivity index (χ4n) is 4.36. The van der Waals surface area contributed by atoms with E-state index < -0.39 is 11.9 Å². The highest BCUT2D eigenvalue weighted by atomic mass is 32.2. The van der Waals surface area contributed by atoms with E-state index in [2.05, 4.69) is 4.90 Å². The van der Waals surface area contributed by atoms with Crippen LogP contribution in [0.5, 0.6) is 5.75 Å². The Morgan fingerprint density at radius 3 is 2.53 bits per heavy atom. The van der Waals surface area contributed by atoms with Gasteiger partial charge in [-0.25, -0.2) is 13.6 Å². The summed E-state index contributed by atoms with van der Waals surface area (Å²) in [6.07, 6.45) is 3.57. The van der Waals surface area contributed by atoms with Crippen LogP contribution in [-0.2, 0) is 4.74 Å². The number of hydrogen-bond donors (Lipinski definition) is 0. The summed E-state index contributed by atoms with van der Waals surface area (Å²) in [6, 6.07) is 12.5. The summed E-state index contributed by atoms with van der Waals surface area (Å²) >= 11 is 1.61. The SMILES string of the molecule is CSCN1CC2(CCN(CCC(Oc3ccccc3F)c3ccc(F)cc3)CC2)OC1=O. The number of benzene rings is 2. The highest BCUT2D eigenvalue weighted by Crippen LogP contribution is 2.34. The Morgan fingerprint density at radius 1 is 1.12 bits per heavy atom. The molecular weight excluding hydrogens is 434 g/mol. The number of carbonyl (C=O) groups excluding carboxylic acids is 1. The number of carbonyl (C=O) groups is 1. The van der Waals surface area contributed by atoms with Crippen molar-refractivity contribution in [3.05, 3.63) is 65.7 Å². The van der Waals surface area contributed by atoms with Crippen LogP contribution in [0.1, 0.15) is 30.9 Å². The van der Waals surface area contributed by atoms with Gasteiger partial charge in [0.15, 0.2) is 11.6 Å². The molecule has 2 fully saturated rings. The third kappa shape index (κ3) is 5.35. The molecule has 1 amide bonds. The van der Waals surface area contributed by atoms with Crippen molar-refractivity contribution in [3.8, 4) is 5.75 Å². The van der Waals surface area contributed by atoms with Gasteiger partial charge < -0.3 is 14.4 Å². The zero-order valence-electron chi connectivity index (χ0n) is 18.1. The third-order valence-electron chi connectivity index (χ3n) is 6.15. The van der Waals surface area contributed by atoms with Gasteiger partial charge >= 0.3 is 6.09 Å². The molecule has 4 rings (SSSR count). The largest absolute Gasteiger partial charge is 0.483 e. The number of hydrogen-bond acceptors (Lipinski definition) is 5. The van der Waals surface area contributed by atoms with E-state index in [1.807, 2.05) is 6.26 Å². The van der Waals surface area contributed by atoms with Crippen LogP contribution in [0, 0.1) is 11.6 Å². The van der Waals surface area contributed by atoms with Crippen molar-refractivity contribution in [1.82, 2.24) is 9.80 Å². The van der Waals surface area contributed by atoms with E-state index in [0.717, 1.165) is 38.0 Å². The summed E-state index contributed by atoms with van der Waals surface area (Å²) in [5, 5.41) is 0. The van der Waals surface area contributed by atoms with Crippen molar-refractivity contribution >= 4 is 17.9 Å². The van der Waals surface area contributed by atoms with Crippen LogP contribution >= 0.6 is 11.8 Å². The van der Waals surface area contributed by atoms with E-state index in [1.165, 1.54) is 18.2 Å². The topological polar surface area (TPSA) is 42.0 Å². The monoisotopic (exact) mass is 462 g/mol. The Hall–Kier alpha value is -2.32. The first-order valence-corrected chi connectivity index (χ1v) is 12.2. The Bertz CT molecular complexity index is 920. The second kappa shape index (κ2) is 10.1. The van der Waals surface area contributed by atoms with Crippen molar-refractivity contribution in [2.45, 2.75) is 31.0 Å². The van der Waals surface area contributed by atoms with Gasteiger partial charge in [0.2, 0.25) is 0 Å². The van der Waals surface area contributed by atoms with Crippen molar-refractivity contribution in [3.63, 3.8) is 0 Å². The molecule has 5 nitrogen and oxygen atoms in total. The van der Waals surface area contributed by atoms with Gasteiger partial charge in [0.25, 0.3) is 0 Å². The molecule has 0 aliphatic carbocycles. The number of amides is 1. The summed E-state index contributed by atoms with van der Waals surface area (Å²) in [7, 11) is 0. The third-order valence-corrected chi connectivity index (χ3v) is 6.72. The molecule has 0 bridgehead atoms. The minimum Gasteiger partial charge on any atom is -0.483 e. The average molecular weight is 463 g/mol. The van der Waals surface area contributed by atoms with Gasteiger partial charge in [0.1, 0.15) is 17.5 Å². The summed E-state index contributed by atoms with van der Waals surface area (Å²) in [4.78, 5) is 16.2. The number of para-hydroxylation sites is 1. The Labute approximate surface area is 191 Å². The van der Waals surface area contributed by atoms with Crippen LogP contribution in [0.25, 0.3) is 0 Å². The fraction of sp³-hybridized carbons (Fsp3) is 0.458. The smallest absolute Gasteiger partial charge is 0.411 e. The molecule has 8 heteroatoms. The molecule has 32 heavy (non-hydrogen) atoms. The Kier molecular flexibility index (Phi) is 7.20. The molecule has 2 heterocycles. The molecule has 1 unspecified atom stereocenters. The van der Waals surface area contributed by atoms with E-state index in [4.69, 9.17) is 9.47 Å². The number of likely N-dealkylation sites (tertiary alicyclic amines) is 1. The van der Waals surface area contributed by atoms with Crippen LogP contribution < -0.4 is 4.74 Å². The molecule has 1 atom stereocenters. The molecule has 0 saturated carbocycles. The minimum atomic E-state index is -0.419. The molecule has 0 aromatic heterocycles. The van der Waals surface area contributed by atoms with Crippen molar-refractivity contribution in [2.75, 3.05) is 38.3 Å². The van der Waals surface area contributed by atoms with E-state index >= 15 is 0 Å². The summed E-state index contributed by atoms with van der Waals surface area (Å²) in [6.45, 7) is 3.02. The van der Waals surface area contributed by atoms with E-state index in [9.17, 15) is 13.6 Å². The lowest BCUT2D eigenvalue weighted by atomic mass is 9.91. The van der Waals surface area contributed by atoms with Crippen molar-refractivity contribution < 1.29 is 23.0 Å². The zero-order valence-corrected chi connectivity index (χ0v) is 19.0. The number of thioether (sulfide) groups is 1. The van der Waals surface area contributed by atoms with Gasteiger partial charge in [-0.15, -0.1) is 11.8 Å². The maximum absolute atomic E-state index is 14.2. The van der Waals surface area contributed by atoms with Gasteiger partial charge in [-0.3, -0.25) is 4.90 Å². The lowest BCUT2D eigenvalue weighted by Crippen LogP contribution is -2.47. The predicted octanol–water partition coefficient (Wildman–Crippen LogP) is 5.08. The normalized spacial score (nSPS) is 19.2. The summed E-state index contributed by atoms with van der Waals surface area (Å²) in [5.74, 6) is 0.0988. The molecule has 2 saturated heterocycles. The maximum Gasteiger partial charge on any atom is 0.411 e. The quantitative estimate of drug-likeness (QED) is 0.547. The highest BCUT2D eigenvalue weighted by molar-refractivity contribution is 7.98. The molecule has 0 radical (unpaired) electrons. The standard InChI is InChI=1S/C24H28F2N2O3S/c1-32-17-28-16-24(31-23(28)29)11-14-27(15-12-24)13-10-21(18-6-8-19(25)9-7-18)30-22-5-3-2-4-20(22)26/h2-9,21H,10-17H2,1H3. The molecule has 2 aromatic rings. The van der Waals surface area contributed by atoms with E-state index in [-0.39, 0.29) is 23.3 Å². The number of halogens is 2. The zero-order chi connectivity index (χ0) is 22.6. The van der Waals surface area contributed by atoms with Gasteiger partial charge in [-0.2, -0.15) is 0 Å². The Morgan fingerprint density at radius 2 is 1.84 bits per heavy atom. The van der Waals surface area contributed by atoms with Gasteiger partial charge in [-0.1, -0.05) is 24.3 Å². The predicted molar refractivity (Wildman–Crippen MR) is 121 cm³/mol.